The molecule has 0 fully saturated rings. The largest absolute Gasteiger partial charge is 0.416 e. The summed E-state index contributed by atoms with van der Waals surface area (Å²) in [6.07, 6.45) is -1.68. The molecule has 0 aliphatic rings. The minimum absolute atomic E-state index is 0. The van der Waals surface area contributed by atoms with Gasteiger partial charge >= 0.3 is 6.18 Å². The molecule has 2 aromatic rings. The first-order valence-electron chi connectivity index (χ1n) is 7.90. The molecule has 1 heterocycles. The number of aryl methyl sites for hydroxylation is 1. The van der Waals surface area contributed by atoms with Gasteiger partial charge in [-0.2, -0.15) is 13.2 Å². The molecule has 0 aliphatic heterocycles. The van der Waals surface area contributed by atoms with Crippen LogP contribution in [0.4, 0.5) is 13.2 Å². The van der Waals surface area contributed by atoms with Gasteiger partial charge < -0.3 is 10.6 Å². The second-order valence-electron chi connectivity index (χ2n) is 5.34. The van der Waals surface area contributed by atoms with Crippen LogP contribution in [0.1, 0.15) is 21.0 Å². The lowest BCUT2D eigenvalue weighted by Gasteiger charge is -2.08. The van der Waals surface area contributed by atoms with E-state index in [4.69, 9.17) is 0 Å². The Morgan fingerprint density at radius 3 is 2.48 bits per heavy atom. The minimum atomic E-state index is -4.33. The topological polar surface area (TPSA) is 49.3 Å². The van der Waals surface area contributed by atoms with E-state index in [1.54, 1.807) is 18.4 Å². The van der Waals surface area contributed by atoms with Crippen molar-refractivity contribution in [3.8, 4) is 11.8 Å². The van der Waals surface area contributed by atoms with Gasteiger partial charge in [0.1, 0.15) is 0 Å². The summed E-state index contributed by atoms with van der Waals surface area (Å²) >= 11 is 1.66. The molecular formula is C18H20F3IN4S. The van der Waals surface area contributed by atoms with Gasteiger partial charge in [0.2, 0.25) is 0 Å². The first kappa shape index (κ1) is 23.2. The standard InChI is InChI=1S/C18H19F3N4S.HI/c1-13-12-25-16(26-13)9-11-24-17(22-2)23-10-3-4-14-5-7-15(8-6-14)18(19,20)21;/h5-8,12H,9-11H2,1-2H3,(H2,22,23,24);1H. The van der Waals surface area contributed by atoms with Crippen molar-refractivity contribution in [1.29, 1.82) is 0 Å². The number of aromatic nitrogens is 1. The lowest BCUT2D eigenvalue weighted by atomic mass is 10.1. The number of hydrogen-bond donors (Lipinski definition) is 2. The molecule has 0 aliphatic carbocycles. The molecule has 0 saturated heterocycles. The number of benzene rings is 1. The average molecular weight is 508 g/mol. The van der Waals surface area contributed by atoms with E-state index in [2.05, 4.69) is 32.5 Å². The number of aliphatic imine (C=N–C) groups is 1. The molecule has 1 aromatic heterocycles. The van der Waals surface area contributed by atoms with Crippen LogP contribution in [0.2, 0.25) is 0 Å². The first-order chi connectivity index (χ1) is 12.4. The molecule has 1 aromatic carbocycles. The Balaban J connectivity index is 0.00000364. The molecule has 0 unspecified atom stereocenters. The maximum Gasteiger partial charge on any atom is 0.416 e. The smallest absolute Gasteiger partial charge is 0.356 e. The van der Waals surface area contributed by atoms with Crippen molar-refractivity contribution in [1.82, 2.24) is 15.6 Å². The summed E-state index contributed by atoms with van der Waals surface area (Å²) in [5.41, 5.74) is -0.150. The number of alkyl halides is 3. The highest BCUT2D eigenvalue weighted by Crippen LogP contribution is 2.28. The second kappa shape index (κ2) is 11.1. The molecule has 0 amide bonds. The SMILES string of the molecule is CN=C(NCC#Cc1ccc(C(F)(F)F)cc1)NCCc1ncc(C)s1.I. The highest BCUT2D eigenvalue weighted by molar-refractivity contribution is 14.0. The van der Waals surface area contributed by atoms with E-state index < -0.39 is 11.7 Å². The summed E-state index contributed by atoms with van der Waals surface area (Å²) < 4.78 is 37.5. The predicted molar refractivity (Wildman–Crippen MR) is 114 cm³/mol. The van der Waals surface area contributed by atoms with Crippen molar-refractivity contribution in [3.63, 3.8) is 0 Å². The van der Waals surface area contributed by atoms with Crippen molar-refractivity contribution in [2.45, 2.75) is 19.5 Å². The van der Waals surface area contributed by atoms with Gasteiger partial charge in [0.25, 0.3) is 0 Å². The molecule has 0 atom stereocenters. The lowest BCUT2D eigenvalue weighted by molar-refractivity contribution is -0.137. The summed E-state index contributed by atoms with van der Waals surface area (Å²) in [6.45, 7) is 3.04. The van der Waals surface area contributed by atoms with Crippen LogP contribution in [-0.4, -0.2) is 31.1 Å². The molecule has 0 radical (unpaired) electrons. The highest BCUT2D eigenvalue weighted by Gasteiger charge is 2.29. The Morgan fingerprint density at radius 1 is 1.22 bits per heavy atom. The van der Waals surface area contributed by atoms with Crippen LogP contribution in [0, 0.1) is 18.8 Å². The quantitative estimate of drug-likeness (QED) is 0.286. The van der Waals surface area contributed by atoms with Gasteiger partial charge in [0, 0.05) is 36.7 Å². The van der Waals surface area contributed by atoms with Crippen LogP contribution in [0.5, 0.6) is 0 Å². The molecule has 0 spiro atoms. The fraction of sp³-hybridized carbons (Fsp3) is 0.333. The van der Waals surface area contributed by atoms with Crippen molar-refractivity contribution in [2.24, 2.45) is 4.99 Å². The van der Waals surface area contributed by atoms with E-state index in [0.29, 0.717) is 24.6 Å². The Hall–Kier alpha value is -1.80. The van der Waals surface area contributed by atoms with Crippen LogP contribution in [0.15, 0.2) is 35.5 Å². The Kier molecular flexibility index (Phi) is 9.59. The summed E-state index contributed by atoms with van der Waals surface area (Å²) in [6, 6.07) is 4.77. The zero-order valence-corrected chi connectivity index (χ0v) is 18.0. The lowest BCUT2D eigenvalue weighted by Crippen LogP contribution is -2.38. The maximum atomic E-state index is 12.5. The summed E-state index contributed by atoms with van der Waals surface area (Å²) in [5, 5.41) is 7.26. The van der Waals surface area contributed by atoms with E-state index in [-0.39, 0.29) is 24.0 Å². The zero-order valence-electron chi connectivity index (χ0n) is 14.9. The van der Waals surface area contributed by atoms with Crippen LogP contribution >= 0.6 is 35.3 Å². The van der Waals surface area contributed by atoms with Crippen LogP contribution in [0.3, 0.4) is 0 Å². The third kappa shape index (κ3) is 8.17. The third-order valence-electron chi connectivity index (χ3n) is 3.31. The van der Waals surface area contributed by atoms with Crippen molar-refractivity contribution in [2.75, 3.05) is 20.1 Å². The van der Waals surface area contributed by atoms with E-state index in [0.717, 1.165) is 23.6 Å². The van der Waals surface area contributed by atoms with Gasteiger partial charge in [-0.1, -0.05) is 11.8 Å². The number of nitrogens with zero attached hydrogens (tertiary/aromatic N) is 2. The van der Waals surface area contributed by atoms with Gasteiger partial charge in [-0.15, -0.1) is 35.3 Å². The molecule has 9 heteroatoms. The monoisotopic (exact) mass is 508 g/mol. The Labute approximate surface area is 177 Å². The van der Waals surface area contributed by atoms with Gasteiger partial charge in [-0.3, -0.25) is 4.99 Å². The van der Waals surface area contributed by atoms with E-state index in [1.807, 2.05) is 13.1 Å². The van der Waals surface area contributed by atoms with E-state index in [1.165, 1.54) is 17.0 Å². The number of halogens is 4. The molecule has 27 heavy (non-hydrogen) atoms. The van der Waals surface area contributed by atoms with Crippen LogP contribution < -0.4 is 10.6 Å². The molecule has 0 bridgehead atoms. The van der Waals surface area contributed by atoms with Crippen molar-refractivity contribution >= 4 is 41.3 Å². The molecule has 2 rings (SSSR count). The third-order valence-corrected chi connectivity index (χ3v) is 4.29. The van der Waals surface area contributed by atoms with Gasteiger partial charge in [-0.05, 0) is 31.2 Å². The maximum absolute atomic E-state index is 12.5. The first-order valence-corrected chi connectivity index (χ1v) is 8.72. The minimum Gasteiger partial charge on any atom is -0.356 e. The number of nitrogens with one attached hydrogen (secondary N) is 2. The Morgan fingerprint density at radius 2 is 1.93 bits per heavy atom. The molecule has 146 valence electrons. The van der Waals surface area contributed by atoms with Gasteiger partial charge in [0.15, 0.2) is 5.96 Å². The normalized spacial score (nSPS) is 11.2. The molecule has 2 N–H and O–H groups in total. The van der Waals surface area contributed by atoms with Crippen molar-refractivity contribution < 1.29 is 13.2 Å². The number of hydrogen-bond acceptors (Lipinski definition) is 3. The molecule has 4 nitrogen and oxygen atoms in total. The van der Waals surface area contributed by atoms with Gasteiger partial charge in [0.05, 0.1) is 17.1 Å². The summed E-state index contributed by atoms with van der Waals surface area (Å²) in [5.74, 6) is 6.29. The average Bonchev–Trinajstić information content (AvgIpc) is 3.02. The molecular weight excluding hydrogens is 488 g/mol. The Bertz CT molecular complexity index is 804. The van der Waals surface area contributed by atoms with E-state index in [9.17, 15) is 13.2 Å². The van der Waals surface area contributed by atoms with Gasteiger partial charge in [-0.25, -0.2) is 4.98 Å². The zero-order chi connectivity index (χ0) is 19.0. The molecule has 0 saturated carbocycles. The fourth-order valence-electron chi connectivity index (χ4n) is 2.04. The van der Waals surface area contributed by atoms with E-state index >= 15 is 0 Å². The van der Waals surface area contributed by atoms with Crippen LogP contribution in [-0.2, 0) is 12.6 Å². The predicted octanol–water partition coefficient (Wildman–Crippen LogP) is 3.85. The number of guanidine groups is 1. The second-order valence-corrected chi connectivity index (χ2v) is 6.66. The highest BCUT2D eigenvalue weighted by atomic mass is 127. The summed E-state index contributed by atoms with van der Waals surface area (Å²) in [7, 11) is 1.66. The number of thiazole rings is 1. The fourth-order valence-corrected chi connectivity index (χ4v) is 2.83. The van der Waals surface area contributed by atoms with Crippen molar-refractivity contribution in [3.05, 3.63) is 51.5 Å². The van der Waals surface area contributed by atoms with Crippen LogP contribution in [0.25, 0.3) is 0 Å². The number of rotatable bonds is 4. The summed E-state index contributed by atoms with van der Waals surface area (Å²) in [4.78, 5) is 9.57.